The Labute approximate surface area is 92.6 Å². The van der Waals surface area contributed by atoms with Crippen LogP contribution in [-0.4, -0.2) is 23.2 Å². The molecule has 4 nitrogen and oxygen atoms in total. The molecule has 1 N–H and O–H groups in total. The maximum absolute atomic E-state index is 12.3. The molecular formula is C8H5ClF3NO3. The molecule has 0 fully saturated rings. The first-order chi connectivity index (χ1) is 7.27. The van der Waals surface area contributed by atoms with Crippen molar-refractivity contribution in [2.45, 2.75) is 6.18 Å². The lowest BCUT2D eigenvalue weighted by molar-refractivity contribution is -0.141. The zero-order valence-corrected chi connectivity index (χ0v) is 8.56. The molecule has 0 aliphatic rings. The van der Waals surface area contributed by atoms with Gasteiger partial charge in [-0.25, -0.2) is 9.78 Å². The average Bonchev–Trinajstić information content (AvgIpc) is 2.14. The average molecular weight is 256 g/mol. The van der Waals surface area contributed by atoms with Gasteiger partial charge in [-0.2, -0.15) is 13.2 Å². The van der Waals surface area contributed by atoms with Gasteiger partial charge in [-0.05, 0) is 0 Å². The fourth-order valence-corrected chi connectivity index (χ4v) is 1.26. The lowest BCUT2D eigenvalue weighted by atomic mass is 10.2. The van der Waals surface area contributed by atoms with Crippen molar-refractivity contribution in [1.82, 2.24) is 4.98 Å². The first kappa shape index (κ1) is 12.6. The van der Waals surface area contributed by atoms with Crippen LogP contribution >= 0.6 is 11.6 Å². The van der Waals surface area contributed by atoms with Gasteiger partial charge in [-0.1, -0.05) is 11.6 Å². The first-order valence-electron chi connectivity index (χ1n) is 3.82. The summed E-state index contributed by atoms with van der Waals surface area (Å²) in [6.45, 7) is 0. The van der Waals surface area contributed by atoms with Crippen LogP contribution in [0.3, 0.4) is 0 Å². The Kier molecular flexibility index (Phi) is 3.27. The summed E-state index contributed by atoms with van der Waals surface area (Å²) in [7, 11) is 1.04. The van der Waals surface area contributed by atoms with Crippen LogP contribution in [-0.2, 0) is 6.18 Å². The number of halogens is 4. The number of hydrogen-bond acceptors (Lipinski definition) is 3. The van der Waals surface area contributed by atoms with Crippen molar-refractivity contribution < 1.29 is 27.8 Å². The molecule has 88 valence electrons. The number of rotatable bonds is 2. The van der Waals surface area contributed by atoms with Crippen LogP contribution in [0.25, 0.3) is 0 Å². The standard InChI is InChI=1S/C8H5ClF3NO3/c1-16-3-2-4(8(10,11)12)13-6(9)5(3)7(14)15/h2H,1H3,(H,14,15). The van der Waals surface area contributed by atoms with E-state index in [9.17, 15) is 18.0 Å². The van der Waals surface area contributed by atoms with Crippen molar-refractivity contribution in [3.8, 4) is 5.75 Å². The molecule has 1 heterocycles. The summed E-state index contributed by atoms with van der Waals surface area (Å²) in [5.41, 5.74) is -1.91. The van der Waals surface area contributed by atoms with Gasteiger partial charge < -0.3 is 9.84 Å². The van der Waals surface area contributed by atoms with E-state index in [1.54, 1.807) is 0 Å². The number of aromatic nitrogens is 1. The van der Waals surface area contributed by atoms with Gasteiger partial charge in [0.05, 0.1) is 7.11 Å². The van der Waals surface area contributed by atoms with Gasteiger partial charge in [0.1, 0.15) is 22.2 Å². The number of nitrogens with zero attached hydrogens (tertiary/aromatic N) is 1. The van der Waals surface area contributed by atoms with Gasteiger partial charge in [-0.15, -0.1) is 0 Å². The van der Waals surface area contributed by atoms with E-state index >= 15 is 0 Å². The van der Waals surface area contributed by atoms with Crippen molar-refractivity contribution in [3.05, 3.63) is 22.5 Å². The second-order valence-electron chi connectivity index (χ2n) is 2.68. The molecule has 0 aromatic carbocycles. The largest absolute Gasteiger partial charge is 0.496 e. The van der Waals surface area contributed by atoms with Crippen LogP contribution in [0.15, 0.2) is 6.07 Å². The maximum Gasteiger partial charge on any atom is 0.433 e. The number of hydrogen-bond donors (Lipinski definition) is 1. The lowest BCUT2D eigenvalue weighted by Gasteiger charge is -2.10. The number of pyridine rings is 1. The lowest BCUT2D eigenvalue weighted by Crippen LogP contribution is -2.12. The molecule has 0 saturated carbocycles. The summed E-state index contributed by atoms with van der Waals surface area (Å²) < 4.78 is 41.4. The van der Waals surface area contributed by atoms with E-state index in [0.29, 0.717) is 6.07 Å². The van der Waals surface area contributed by atoms with Crippen LogP contribution in [0.5, 0.6) is 5.75 Å². The normalized spacial score (nSPS) is 11.3. The van der Waals surface area contributed by atoms with Gasteiger partial charge >= 0.3 is 12.1 Å². The second kappa shape index (κ2) is 4.17. The van der Waals surface area contributed by atoms with Crippen LogP contribution in [0, 0.1) is 0 Å². The predicted octanol–water partition coefficient (Wildman–Crippen LogP) is 2.46. The minimum atomic E-state index is -4.71. The van der Waals surface area contributed by atoms with Crippen LogP contribution in [0.2, 0.25) is 5.15 Å². The second-order valence-corrected chi connectivity index (χ2v) is 3.04. The van der Waals surface area contributed by atoms with E-state index in [2.05, 4.69) is 9.72 Å². The fourth-order valence-electron chi connectivity index (χ4n) is 0.992. The number of carboxylic acid groups (broad SMARTS) is 1. The van der Waals surface area contributed by atoms with Crippen molar-refractivity contribution in [3.63, 3.8) is 0 Å². The minimum absolute atomic E-state index is 0.481. The quantitative estimate of drug-likeness (QED) is 0.825. The molecular weight excluding hydrogens is 251 g/mol. The zero-order chi connectivity index (χ0) is 12.5. The number of methoxy groups -OCH3 is 1. The summed E-state index contributed by atoms with van der Waals surface area (Å²) in [6, 6.07) is 0.481. The summed E-state index contributed by atoms with van der Waals surface area (Å²) in [5, 5.41) is 7.92. The van der Waals surface area contributed by atoms with E-state index in [4.69, 9.17) is 16.7 Å². The van der Waals surface area contributed by atoms with Gasteiger partial charge in [0.25, 0.3) is 0 Å². The topological polar surface area (TPSA) is 59.4 Å². The highest BCUT2D eigenvalue weighted by atomic mass is 35.5. The number of carbonyl (C=O) groups is 1. The van der Waals surface area contributed by atoms with Crippen molar-refractivity contribution in [2.24, 2.45) is 0 Å². The molecule has 0 aliphatic heterocycles. The van der Waals surface area contributed by atoms with E-state index in [1.165, 1.54) is 0 Å². The van der Waals surface area contributed by atoms with Crippen LogP contribution in [0.1, 0.15) is 16.1 Å². The molecule has 0 amide bonds. The first-order valence-corrected chi connectivity index (χ1v) is 4.20. The molecule has 1 rings (SSSR count). The highest BCUT2D eigenvalue weighted by Crippen LogP contribution is 2.34. The van der Waals surface area contributed by atoms with Crippen LogP contribution in [0.4, 0.5) is 13.2 Å². The SMILES string of the molecule is COc1cc(C(F)(F)F)nc(Cl)c1C(=O)O. The molecule has 0 unspecified atom stereocenters. The number of aromatic carboxylic acids is 1. The number of ether oxygens (including phenoxy) is 1. The van der Waals surface area contributed by atoms with Crippen molar-refractivity contribution in [2.75, 3.05) is 7.11 Å². The molecule has 8 heteroatoms. The smallest absolute Gasteiger partial charge is 0.433 e. The van der Waals surface area contributed by atoms with Gasteiger partial charge in [0.15, 0.2) is 0 Å². The number of carboxylic acids is 1. The fraction of sp³-hybridized carbons (Fsp3) is 0.250. The third-order valence-corrected chi connectivity index (χ3v) is 1.94. The van der Waals surface area contributed by atoms with Crippen LogP contribution < -0.4 is 4.74 Å². The Morgan fingerprint density at radius 3 is 2.50 bits per heavy atom. The van der Waals surface area contributed by atoms with Gasteiger partial charge in [0, 0.05) is 6.07 Å². The summed E-state index contributed by atoms with van der Waals surface area (Å²) in [4.78, 5) is 13.6. The summed E-state index contributed by atoms with van der Waals surface area (Å²) in [6.07, 6.45) is -4.71. The Bertz CT molecular complexity index is 433. The highest BCUT2D eigenvalue weighted by Gasteiger charge is 2.35. The van der Waals surface area contributed by atoms with Gasteiger partial charge in [0.2, 0.25) is 0 Å². The Morgan fingerprint density at radius 2 is 2.12 bits per heavy atom. The Hall–Kier alpha value is -1.50. The van der Waals surface area contributed by atoms with E-state index < -0.39 is 34.3 Å². The molecule has 0 bridgehead atoms. The Morgan fingerprint density at radius 1 is 1.56 bits per heavy atom. The monoisotopic (exact) mass is 255 g/mol. The molecule has 1 aromatic rings. The predicted molar refractivity (Wildman–Crippen MR) is 47.8 cm³/mol. The van der Waals surface area contributed by atoms with Gasteiger partial charge in [-0.3, -0.25) is 0 Å². The van der Waals surface area contributed by atoms with Crippen molar-refractivity contribution in [1.29, 1.82) is 0 Å². The molecule has 0 aliphatic carbocycles. The van der Waals surface area contributed by atoms with Crippen molar-refractivity contribution >= 4 is 17.6 Å². The summed E-state index contributed by atoms with van der Waals surface area (Å²) >= 11 is 5.34. The highest BCUT2D eigenvalue weighted by molar-refractivity contribution is 6.32. The van der Waals surface area contributed by atoms with E-state index in [-0.39, 0.29) is 0 Å². The maximum atomic E-state index is 12.3. The summed E-state index contributed by atoms with van der Waals surface area (Å²) in [5.74, 6) is -2.00. The Balaban J connectivity index is 3.44. The molecule has 16 heavy (non-hydrogen) atoms. The molecule has 0 radical (unpaired) electrons. The third-order valence-electron chi connectivity index (χ3n) is 1.66. The molecule has 0 saturated heterocycles. The van der Waals surface area contributed by atoms with E-state index in [0.717, 1.165) is 7.11 Å². The molecule has 1 aromatic heterocycles. The van der Waals surface area contributed by atoms with E-state index in [1.807, 2.05) is 0 Å². The molecule has 0 spiro atoms. The number of alkyl halides is 3. The minimum Gasteiger partial charge on any atom is -0.496 e. The molecule has 0 atom stereocenters. The third kappa shape index (κ3) is 2.35. The zero-order valence-electron chi connectivity index (χ0n) is 7.80.